The van der Waals surface area contributed by atoms with Gasteiger partial charge in [0, 0.05) is 0 Å². The zero-order chi connectivity index (χ0) is 10.3. The van der Waals surface area contributed by atoms with Crippen molar-refractivity contribution in [1.82, 2.24) is 0 Å². The van der Waals surface area contributed by atoms with Crippen molar-refractivity contribution in [2.24, 2.45) is 0 Å². The zero-order valence-electron chi connectivity index (χ0n) is 8.22. The van der Waals surface area contributed by atoms with Crippen LogP contribution in [0.4, 0.5) is 0 Å². The lowest BCUT2D eigenvalue weighted by Gasteiger charge is -2.01. The molecule has 0 unspecified atom stereocenters. The van der Waals surface area contributed by atoms with Crippen LogP contribution in [0.5, 0.6) is 0 Å². The maximum Gasteiger partial charge on any atom is 0.305 e. The van der Waals surface area contributed by atoms with Crippen molar-refractivity contribution >= 4 is 10.0 Å². The van der Waals surface area contributed by atoms with Gasteiger partial charge in [-0.2, -0.15) is 0 Å². The predicted molar refractivity (Wildman–Crippen MR) is 55.5 cm³/mol. The summed E-state index contributed by atoms with van der Waals surface area (Å²) in [5.74, 6) is 1.65. The first-order valence-electron chi connectivity index (χ1n) is 4.65. The summed E-state index contributed by atoms with van der Waals surface area (Å²) in [7, 11) is -0.953. The normalized spacial score (nSPS) is 10.7. The van der Waals surface area contributed by atoms with Crippen molar-refractivity contribution in [3.8, 4) is 0 Å². The van der Waals surface area contributed by atoms with E-state index in [1.54, 1.807) is 12.5 Å². The maximum absolute atomic E-state index is 5.36. The monoisotopic (exact) mass is 224 g/mol. The second-order valence-electron chi connectivity index (χ2n) is 2.97. The minimum atomic E-state index is -0.953. The molecule has 0 aliphatic rings. The lowest BCUT2D eigenvalue weighted by molar-refractivity contribution is 0.183. The van der Waals surface area contributed by atoms with Crippen LogP contribution in [0.25, 0.3) is 0 Å². The Labute approximate surface area is 89.9 Å². The van der Waals surface area contributed by atoms with Crippen LogP contribution in [-0.4, -0.2) is 10.0 Å². The fraction of sp³-hybridized carbons (Fsp3) is 0.200. The lowest BCUT2D eigenvalue weighted by atomic mass is 10.5. The van der Waals surface area contributed by atoms with Gasteiger partial charge in [0.25, 0.3) is 0 Å². The molecule has 0 aliphatic heterocycles. The highest BCUT2D eigenvalue weighted by Gasteiger charge is 1.98. The third-order valence-corrected chi connectivity index (χ3v) is 2.56. The summed E-state index contributed by atoms with van der Waals surface area (Å²) in [5.41, 5.74) is 0. The molecule has 2 aromatic heterocycles. The van der Waals surface area contributed by atoms with Crippen LogP contribution in [0.3, 0.4) is 0 Å². The Hall–Kier alpha value is -1.30. The first kappa shape index (κ1) is 10.2. The number of furan rings is 2. The summed E-state index contributed by atoms with van der Waals surface area (Å²) >= 11 is 0. The van der Waals surface area contributed by atoms with Crippen LogP contribution in [0.2, 0.25) is 0 Å². The Kier molecular flexibility index (Phi) is 3.78. The van der Waals surface area contributed by atoms with E-state index in [2.05, 4.69) is 0 Å². The molecule has 15 heavy (non-hydrogen) atoms. The molecular formula is C10H12O4Si. The highest BCUT2D eigenvalue weighted by molar-refractivity contribution is 6.17. The summed E-state index contributed by atoms with van der Waals surface area (Å²) in [4.78, 5) is 0. The molecule has 0 fully saturated rings. The standard InChI is InChI=1S/C10H12O4Si/c1-3-9(11-5-1)7-13-15-14-8-10-4-2-6-12-10/h1-6H,7-8,15H2. The third kappa shape index (κ3) is 3.39. The summed E-state index contributed by atoms with van der Waals surface area (Å²) < 4.78 is 20.9. The van der Waals surface area contributed by atoms with E-state index < -0.39 is 10.0 Å². The van der Waals surface area contributed by atoms with Crippen LogP contribution in [0, 0.1) is 0 Å². The van der Waals surface area contributed by atoms with E-state index in [1.807, 2.05) is 24.3 Å². The summed E-state index contributed by atoms with van der Waals surface area (Å²) in [6.45, 7) is 0.967. The van der Waals surface area contributed by atoms with E-state index in [0.29, 0.717) is 13.2 Å². The Balaban J connectivity index is 1.56. The lowest BCUT2D eigenvalue weighted by Crippen LogP contribution is -2.04. The van der Waals surface area contributed by atoms with E-state index in [4.69, 9.17) is 17.7 Å². The van der Waals surface area contributed by atoms with Gasteiger partial charge in [0.1, 0.15) is 11.5 Å². The minimum Gasteiger partial charge on any atom is -0.467 e. The van der Waals surface area contributed by atoms with Crippen molar-refractivity contribution in [1.29, 1.82) is 0 Å². The van der Waals surface area contributed by atoms with Gasteiger partial charge in [-0.15, -0.1) is 0 Å². The fourth-order valence-electron chi connectivity index (χ4n) is 1.13. The summed E-state index contributed by atoms with van der Waals surface area (Å²) in [6, 6.07) is 7.43. The average Bonchev–Trinajstić information content (AvgIpc) is 2.88. The second-order valence-corrected chi connectivity index (χ2v) is 4.03. The molecule has 0 aliphatic carbocycles. The maximum atomic E-state index is 5.36. The van der Waals surface area contributed by atoms with Gasteiger partial charge >= 0.3 is 10.0 Å². The highest BCUT2D eigenvalue weighted by atomic mass is 28.3. The Morgan fingerprint density at radius 1 is 0.933 bits per heavy atom. The van der Waals surface area contributed by atoms with Crippen LogP contribution in [0.1, 0.15) is 11.5 Å². The van der Waals surface area contributed by atoms with Gasteiger partial charge in [-0.25, -0.2) is 0 Å². The minimum absolute atomic E-state index is 0.484. The number of rotatable bonds is 6. The molecular weight excluding hydrogens is 212 g/mol. The summed E-state index contributed by atoms with van der Waals surface area (Å²) in [6.07, 6.45) is 3.26. The molecule has 0 bridgehead atoms. The molecule has 4 nitrogen and oxygen atoms in total. The predicted octanol–water partition coefficient (Wildman–Crippen LogP) is 1.60. The van der Waals surface area contributed by atoms with E-state index in [1.165, 1.54) is 0 Å². The van der Waals surface area contributed by atoms with Crippen LogP contribution in [-0.2, 0) is 22.1 Å². The van der Waals surface area contributed by atoms with Crippen molar-refractivity contribution in [3.63, 3.8) is 0 Å². The topological polar surface area (TPSA) is 44.7 Å². The van der Waals surface area contributed by atoms with Crippen molar-refractivity contribution in [2.45, 2.75) is 13.2 Å². The molecule has 0 saturated carbocycles. The average molecular weight is 224 g/mol. The Morgan fingerprint density at radius 2 is 1.47 bits per heavy atom. The first-order valence-corrected chi connectivity index (χ1v) is 5.81. The van der Waals surface area contributed by atoms with E-state index >= 15 is 0 Å². The van der Waals surface area contributed by atoms with Crippen molar-refractivity contribution < 1.29 is 17.7 Å². The third-order valence-electron chi connectivity index (χ3n) is 1.82. The van der Waals surface area contributed by atoms with Gasteiger partial charge in [-0.1, -0.05) is 0 Å². The highest BCUT2D eigenvalue weighted by Crippen LogP contribution is 2.03. The zero-order valence-corrected chi connectivity index (χ0v) is 9.63. The molecule has 80 valence electrons. The van der Waals surface area contributed by atoms with Gasteiger partial charge in [-0.05, 0) is 24.3 Å². The molecule has 0 aromatic carbocycles. The molecule has 0 radical (unpaired) electrons. The van der Waals surface area contributed by atoms with Crippen LogP contribution in [0.15, 0.2) is 45.6 Å². The van der Waals surface area contributed by atoms with E-state index in [0.717, 1.165) is 11.5 Å². The SMILES string of the molecule is c1coc(CO[SiH2]OCc2ccco2)c1. The van der Waals surface area contributed by atoms with Crippen LogP contribution >= 0.6 is 0 Å². The molecule has 0 atom stereocenters. The Bertz CT molecular complexity index is 318. The fourth-order valence-corrected chi connectivity index (χ4v) is 1.82. The van der Waals surface area contributed by atoms with Crippen molar-refractivity contribution in [3.05, 3.63) is 48.3 Å². The largest absolute Gasteiger partial charge is 0.467 e. The Morgan fingerprint density at radius 3 is 1.87 bits per heavy atom. The smallest absolute Gasteiger partial charge is 0.305 e. The van der Waals surface area contributed by atoms with Crippen LogP contribution < -0.4 is 0 Å². The van der Waals surface area contributed by atoms with Gasteiger partial charge in [0.2, 0.25) is 0 Å². The quantitative estimate of drug-likeness (QED) is 0.552. The number of hydrogen-bond acceptors (Lipinski definition) is 4. The van der Waals surface area contributed by atoms with E-state index in [-0.39, 0.29) is 0 Å². The molecule has 5 heteroatoms. The van der Waals surface area contributed by atoms with Gasteiger partial charge in [0.05, 0.1) is 25.7 Å². The molecule has 0 amide bonds. The summed E-state index contributed by atoms with van der Waals surface area (Å²) in [5, 5.41) is 0. The molecule has 2 aromatic rings. The number of hydrogen-bond donors (Lipinski definition) is 0. The van der Waals surface area contributed by atoms with Crippen molar-refractivity contribution in [2.75, 3.05) is 0 Å². The molecule has 2 heterocycles. The second kappa shape index (κ2) is 5.55. The molecule has 2 rings (SSSR count). The van der Waals surface area contributed by atoms with Gasteiger partial charge < -0.3 is 17.7 Å². The first-order chi connectivity index (χ1) is 7.45. The van der Waals surface area contributed by atoms with Gasteiger partial charge in [0.15, 0.2) is 0 Å². The van der Waals surface area contributed by atoms with Gasteiger partial charge in [-0.3, -0.25) is 0 Å². The molecule has 0 saturated heterocycles. The molecule has 0 N–H and O–H groups in total. The van der Waals surface area contributed by atoms with E-state index in [9.17, 15) is 0 Å². The molecule has 0 spiro atoms.